The Bertz CT molecular complexity index is 1210. The monoisotopic (exact) mass is 416 g/mol. The van der Waals surface area contributed by atoms with Gasteiger partial charge in [-0.3, -0.25) is 19.4 Å². The van der Waals surface area contributed by atoms with Gasteiger partial charge >= 0.3 is 5.69 Å². The van der Waals surface area contributed by atoms with Crippen LogP contribution in [0.25, 0.3) is 5.69 Å². The first-order chi connectivity index (χ1) is 13.9. The molecule has 1 amide bonds. The summed E-state index contributed by atoms with van der Waals surface area (Å²) < 4.78 is 6.23. The van der Waals surface area contributed by atoms with Gasteiger partial charge < -0.3 is 20.8 Å². The van der Waals surface area contributed by atoms with E-state index >= 15 is 0 Å². The quantitative estimate of drug-likeness (QED) is 0.320. The maximum absolute atomic E-state index is 12.3. The molecule has 0 unspecified atom stereocenters. The first-order valence-corrected chi connectivity index (χ1v) is 9.14. The van der Waals surface area contributed by atoms with Gasteiger partial charge in [0, 0.05) is 12.1 Å². The van der Waals surface area contributed by atoms with Gasteiger partial charge in [0.1, 0.15) is 17.4 Å². The molecule has 2 heterocycles. The number of methoxy groups -OCH3 is 1. The molecule has 12 heteroatoms. The van der Waals surface area contributed by atoms with Gasteiger partial charge in [0.2, 0.25) is 5.91 Å². The number of aromatic amines is 2. The van der Waals surface area contributed by atoms with Crippen LogP contribution in [0.2, 0.25) is 0 Å². The van der Waals surface area contributed by atoms with Gasteiger partial charge in [-0.2, -0.15) is 0 Å². The number of hydrogen-bond donors (Lipinski definition) is 4. The number of H-pyrrole nitrogens is 2. The Kier molecular flexibility index (Phi) is 5.83. The maximum Gasteiger partial charge on any atom is 0.334 e. The van der Waals surface area contributed by atoms with Crippen molar-refractivity contribution in [1.82, 2.24) is 19.5 Å². The molecular formula is C17H16N6O5S. The highest BCUT2D eigenvalue weighted by Crippen LogP contribution is 2.17. The SMILES string of the molecule is COc1ccc(-n2c(NC(=O)CSc3nc(N)cc(=O)[nH]3)cc(=O)[nH]c2=O)cc1. The molecule has 3 aromatic rings. The van der Waals surface area contributed by atoms with E-state index in [4.69, 9.17) is 10.5 Å². The largest absolute Gasteiger partial charge is 0.497 e. The molecule has 0 spiro atoms. The molecule has 0 aliphatic heterocycles. The summed E-state index contributed by atoms with van der Waals surface area (Å²) in [5, 5.41) is 2.69. The average molecular weight is 416 g/mol. The number of nitrogens with two attached hydrogens (primary N) is 1. The van der Waals surface area contributed by atoms with E-state index in [1.54, 1.807) is 24.3 Å². The van der Waals surface area contributed by atoms with Crippen LogP contribution in [0.4, 0.5) is 11.6 Å². The highest BCUT2D eigenvalue weighted by molar-refractivity contribution is 7.99. The maximum atomic E-state index is 12.3. The van der Waals surface area contributed by atoms with Gasteiger partial charge in [0.25, 0.3) is 11.1 Å². The molecule has 0 fully saturated rings. The van der Waals surface area contributed by atoms with Crippen LogP contribution in [0.3, 0.4) is 0 Å². The molecule has 0 aliphatic carbocycles. The van der Waals surface area contributed by atoms with Gasteiger partial charge in [-0.15, -0.1) is 0 Å². The zero-order valence-corrected chi connectivity index (χ0v) is 15.9. The van der Waals surface area contributed by atoms with Crippen molar-refractivity contribution in [3.05, 3.63) is 67.6 Å². The van der Waals surface area contributed by atoms with E-state index in [1.807, 2.05) is 0 Å². The topological polar surface area (TPSA) is 165 Å². The Balaban J connectivity index is 1.84. The molecule has 5 N–H and O–H groups in total. The number of carbonyl (C=O) groups is 1. The first kappa shape index (κ1) is 19.9. The second kappa shape index (κ2) is 8.48. The summed E-state index contributed by atoms with van der Waals surface area (Å²) in [6.45, 7) is 0. The minimum Gasteiger partial charge on any atom is -0.497 e. The number of rotatable bonds is 6. The summed E-state index contributed by atoms with van der Waals surface area (Å²) in [7, 11) is 1.51. The van der Waals surface area contributed by atoms with E-state index in [2.05, 4.69) is 20.3 Å². The van der Waals surface area contributed by atoms with Crippen LogP contribution >= 0.6 is 11.8 Å². The molecular weight excluding hydrogens is 400 g/mol. The number of carbonyl (C=O) groups excluding carboxylic acids is 1. The number of benzene rings is 1. The van der Waals surface area contributed by atoms with E-state index in [1.165, 1.54) is 7.11 Å². The fourth-order valence-corrected chi connectivity index (χ4v) is 3.09. The van der Waals surface area contributed by atoms with Crippen LogP contribution < -0.4 is 32.6 Å². The summed E-state index contributed by atoms with van der Waals surface area (Å²) in [6, 6.07) is 8.68. The summed E-state index contributed by atoms with van der Waals surface area (Å²) in [5.74, 6) is -0.0666. The molecule has 29 heavy (non-hydrogen) atoms. The lowest BCUT2D eigenvalue weighted by Crippen LogP contribution is -2.32. The zero-order valence-electron chi connectivity index (χ0n) is 15.1. The normalized spacial score (nSPS) is 10.5. The van der Waals surface area contributed by atoms with Crippen LogP contribution in [0.5, 0.6) is 5.75 Å². The number of nitrogens with one attached hydrogen (secondary N) is 3. The van der Waals surface area contributed by atoms with Crippen molar-refractivity contribution < 1.29 is 9.53 Å². The van der Waals surface area contributed by atoms with Crippen LogP contribution in [0.15, 0.2) is 55.9 Å². The van der Waals surface area contributed by atoms with Crippen molar-refractivity contribution in [3.63, 3.8) is 0 Å². The smallest absolute Gasteiger partial charge is 0.334 e. The molecule has 0 saturated carbocycles. The number of anilines is 2. The van der Waals surface area contributed by atoms with Gasteiger partial charge in [0.05, 0.1) is 18.6 Å². The van der Waals surface area contributed by atoms with Crippen LogP contribution in [-0.2, 0) is 4.79 Å². The van der Waals surface area contributed by atoms with Gasteiger partial charge in [0.15, 0.2) is 5.16 Å². The Hall–Kier alpha value is -3.80. The Morgan fingerprint density at radius 1 is 1.17 bits per heavy atom. The number of nitrogen functional groups attached to an aromatic ring is 1. The lowest BCUT2D eigenvalue weighted by atomic mass is 10.3. The Morgan fingerprint density at radius 3 is 2.52 bits per heavy atom. The van der Waals surface area contributed by atoms with Gasteiger partial charge in [-0.05, 0) is 24.3 Å². The minimum atomic E-state index is -0.715. The van der Waals surface area contributed by atoms with Crippen LogP contribution in [-0.4, -0.2) is 38.3 Å². The third kappa shape index (κ3) is 4.93. The molecule has 0 saturated heterocycles. The fourth-order valence-electron chi connectivity index (χ4n) is 2.41. The standard InChI is InChI=1S/C17H16N6O5S/c1-28-10-4-2-9(3-5-10)23-12(7-14(25)22-17(23)27)20-15(26)8-29-16-19-11(18)6-13(24)21-16/h2-7H,8H2,1H3,(H,20,26)(H,22,25,27)(H3,18,19,21,24). The van der Waals surface area contributed by atoms with Crippen LogP contribution in [0.1, 0.15) is 0 Å². The van der Waals surface area contributed by atoms with E-state index in [0.717, 1.165) is 28.5 Å². The molecule has 1 aromatic carbocycles. The van der Waals surface area contributed by atoms with E-state index in [0.29, 0.717) is 11.4 Å². The average Bonchev–Trinajstić information content (AvgIpc) is 2.65. The molecule has 2 aromatic heterocycles. The molecule has 0 atom stereocenters. The minimum absolute atomic E-state index is 0.0106. The first-order valence-electron chi connectivity index (χ1n) is 8.16. The van der Waals surface area contributed by atoms with Crippen molar-refractivity contribution in [2.24, 2.45) is 0 Å². The second-order valence-corrected chi connectivity index (χ2v) is 6.63. The van der Waals surface area contributed by atoms with Gasteiger partial charge in [-0.25, -0.2) is 14.3 Å². The van der Waals surface area contributed by atoms with E-state index in [9.17, 15) is 19.2 Å². The molecule has 150 valence electrons. The molecule has 0 bridgehead atoms. The lowest BCUT2D eigenvalue weighted by molar-refractivity contribution is -0.113. The van der Waals surface area contributed by atoms with Crippen LogP contribution in [0, 0.1) is 0 Å². The molecule has 0 radical (unpaired) electrons. The number of amides is 1. The summed E-state index contributed by atoms with van der Waals surface area (Å²) in [5.41, 5.74) is 4.09. The van der Waals surface area contributed by atoms with Crippen molar-refractivity contribution in [2.75, 3.05) is 23.9 Å². The summed E-state index contributed by atoms with van der Waals surface area (Å²) >= 11 is 0.943. The van der Waals surface area contributed by atoms with Crippen molar-refractivity contribution >= 4 is 29.3 Å². The highest BCUT2D eigenvalue weighted by atomic mass is 32.2. The predicted molar refractivity (Wildman–Crippen MR) is 108 cm³/mol. The van der Waals surface area contributed by atoms with E-state index < -0.39 is 22.7 Å². The molecule has 11 nitrogen and oxygen atoms in total. The number of aromatic nitrogens is 4. The third-order valence-electron chi connectivity index (χ3n) is 3.62. The number of nitrogens with zero attached hydrogens (tertiary/aromatic N) is 2. The summed E-state index contributed by atoms with van der Waals surface area (Å²) in [4.78, 5) is 56.3. The number of thioether (sulfide) groups is 1. The Labute approximate surface area is 167 Å². The summed E-state index contributed by atoms with van der Waals surface area (Å²) in [6.07, 6.45) is 0. The molecule has 0 aliphatic rings. The third-order valence-corrected chi connectivity index (χ3v) is 4.49. The lowest BCUT2D eigenvalue weighted by Gasteiger charge is -2.13. The van der Waals surface area contributed by atoms with Crippen molar-refractivity contribution in [2.45, 2.75) is 5.16 Å². The van der Waals surface area contributed by atoms with Gasteiger partial charge in [-0.1, -0.05) is 11.8 Å². The highest BCUT2D eigenvalue weighted by Gasteiger charge is 2.13. The fraction of sp³-hybridized carbons (Fsp3) is 0.118. The number of ether oxygens (including phenoxy) is 1. The number of hydrogen-bond acceptors (Lipinski definition) is 8. The Morgan fingerprint density at radius 2 is 1.86 bits per heavy atom. The molecule has 3 rings (SSSR count). The van der Waals surface area contributed by atoms with Crippen molar-refractivity contribution in [3.8, 4) is 11.4 Å². The van der Waals surface area contributed by atoms with Crippen molar-refractivity contribution in [1.29, 1.82) is 0 Å². The zero-order chi connectivity index (χ0) is 21.0. The second-order valence-electron chi connectivity index (χ2n) is 5.67. The predicted octanol–water partition coefficient (Wildman–Crippen LogP) is -0.0693. The van der Waals surface area contributed by atoms with E-state index in [-0.39, 0.29) is 22.5 Å².